The molecule has 0 aliphatic heterocycles. The van der Waals surface area contributed by atoms with E-state index in [4.69, 9.17) is 0 Å². The Morgan fingerprint density at radius 3 is 1.81 bits per heavy atom. The number of rotatable bonds is 4. The molecular weight excluding hydrogens is 272 g/mol. The third-order valence-electron chi connectivity index (χ3n) is 2.06. The van der Waals surface area contributed by atoms with Crippen LogP contribution in [0.25, 0.3) is 0 Å². The molecule has 0 saturated heterocycles. The molecule has 21 heavy (non-hydrogen) atoms. The second-order valence-corrected chi connectivity index (χ2v) is 4.56. The van der Waals surface area contributed by atoms with Gasteiger partial charge in [0.1, 0.15) is 0 Å². The Kier molecular flexibility index (Phi) is 25.4. The topological polar surface area (TPSA) is 0 Å². The predicted molar refractivity (Wildman–Crippen MR) is 104 cm³/mol. The standard InChI is InChI=1S/C14H18S.3C2H6/c1-4-6-7-13(5-2)15-14-10-8-12(3)9-11-14;3*1-2/h5-11H,4H2,1-3H3;3*1-2H3/b7-6-,13-5+;;;. The molecule has 0 aliphatic carbocycles. The summed E-state index contributed by atoms with van der Waals surface area (Å²) < 4.78 is 0. The quantitative estimate of drug-likeness (QED) is 0.400. The van der Waals surface area contributed by atoms with Crippen LogP contribution in [0.2, 0.25) is 0 Å². The highest BCUT2D eigenvalue weighted by molar-refractivity contribution is 8.03. The van der Waals surface area contributed by atoms with Crippen molar-refractivity contribution >= 4 is 11.8 Å². The summed E-state index contributed by atoms with van der Waals surface area (Å²) in [5.74, 6) is 0. The molecule has 0 aliphatic rings. The van der Waals surface area contributed by atoms with Gasteiger partial charge in [-0.25, -0.2) is 0 Å². The third-order valence-corrected chi connectivity index (χ3v) is 3.17. The second kappa shape index (κ2) is 21.4. The first-order valence-corrected chi connectivity index (χ1v) is 9.15. The summed E-state index contributed by atoms with van der Waals surface area (Å²) >= 11 is 1.81. The van der Waals surface area contributed by atoms with Gasteiger partial charge >= 0.3 is 0 Å². The first-order valence-electron chi connectivity index (χ1n) is 8.33. The third kappa shape index (κ3) is 15.3. The monoisotopic (exact) mass is 308 g/mol. The van der Waals surface area contributed by atoms with Gasteiger partial charge in [-0.2, -0.15) is 0 Å². The first-order chi connectivity index (χ1) is 10.3. The van der Waals surface area contributed by atoms with Crippen LogP contribution < -0.4 is 0 Å². The van der Waals surface area contributed by atoms with Crippen molar-refractivity contribution in [2.45, 2.75) is 73.6 Å². The van der Waals surface area contributed by atoms with Gasteiger partial charge in [-0.15, -0.1) is 0 Å². The molecule has 1 aromatic carbocycles. The van der Waals surface area contributed by atoms with E-state index >= 15 is 0 Å². The average Bonchev–Trinajstić information content (AvgIpc) is 2.59. The Balaban J connectivity index is -0.000000478. The fourth-order valence-corrected chi connectivity index (χ4v) is 1.99. The maximum Gasteiger partial charge on any atom is 0.0122 e. The van der Waals surface area contributed by atoms with Crippen LogP contribution in [0.5, 0.6) is 0 Å². The summed E-state index contributed by atoms with van der Waals surface area (Å²) in [7, 11) is 0. The smallest absolute Gasteiger partial charge is 0.0122 e. The van der Waals surface area contributed by atoms with Crippen molar-refractivity contribution < 1.29 is 0 Å². The van der Waals surface area contributed by atoms with Crippen molar-refractivity contribution in [3.05, 3.63) is 53.0 Å². The van der Waals surface area contributed by atoms with E-state index in [2.05, 4.69) is 63.3 Å². The first kappa shape index (κ1) is 25.0. The lowest BCUT2D eigenvalue weighted by Crippen LogP contribution is -1.75. The summed E-state index contributed by atoms with van der Waals surface area (Å²) in [4.78, 5) is 2.61. The van der Waals surface area contributed by atoms with Crippen LogP contribution in [0.4, 0.5) is 0 Å². The zero-order valence-corrected chi connectivity index (χ0v) is 16.5. The van der Waals surface area contributed by atoms with E-state index in [9.17, 15) is 0 Å². The lowest BCUT2D eigenvalue weighted by Gasteiger charge is -2.02. The Bertz CT molecular complexity index is 345. The van der Waals surface area contributed by atoms with Crippen LogP contribution in [-0.2, 0) is 0 Å². The van der Waals surface area contributed by atoms with Gasteiger partial charge in [0.2, 0.25) is 0 Å². The molecule has 0 aromatic heterocycles. The molecule has 0 bridgehead atoms. The van der Waals surface area contributed by atoms with Gasteiger partial charge in [0.05, 0.1) is 0 Å². The highest BCUT2D eigenvalue weighted by Crippen LogP contribution is 2.27. The van der Waals surface area contributed by atoms with Gasteiger partial charge in [0, 0.05) is 9.80 Å². The molecule has 0 nitrogen and oxygen atoms in total. The molecule has 1 rings (SSSR count). The lowest BCUT2D eigenvalue weighted by atomic mass is 10.2. The summed E-state index contributed by atoms with van der Waals surface area (Å²) in [6, 6.07) is 8.64. The van der Waals surface area contributed by atoms with E-state index in [1.54, 1.807) is 0 Å². The van der Waals surface area contributed by atoms with Gasteiger partial charge < -0.3 is 0 Å². The van der Waals surface area contributed by atoms with Gasteiger partial charge in [-0.3, -0.25) is 0 Å². The van der Waals surface area contributed by atoms with Gasteiger partial charge in [0.25, 0.3) is 0 Å². The van der Waals surface area contributed by atoms with E-state index < -0.39 is 0 Å². The van der Waals surface area contributed by atoms with Crippen molar-refractivity contribution in [3.8, 4) is 0 Å². The summed E-state index contributed by atoms with van der Waals surface area (Å²) in [5.41, 5.74) is 1.31. The predicted octanol–water partition coefficient (Wildman–Crippen LogP) is 8.04. The number of thioether (sulfide) groups is 1. The van der Waals surface area contributed by atoms with Crippen molar-refractivity contribution in [1.82, 2.24) is 0 Å². The SMILES string of the molecule is C/C=C(\C=C/CC)Sc1ccc(C)cc1.CC.CC.CC. The highest BCUT2D eigenvalue weighted by Gasteiger charge is 1.95. The molecule has 122 valence electrons. The van der Waals surface area contributed by atoms with Crippen LogP contribution >= 0.6 is 11.8 Å². The van der Waals surface area contributed by atoms with Gasteiger partial charge in [-0.1, -0.05) is 96.2 Å². The van der Waals surface area contributed by atoms with Crippen LogP contribution in [0.15, 0.2) is 52.3 Å². The fourth-order valence-electron chi connectivity index (χ4n) is 1.17. The molecule has 1 aromatic rings. The number of benzene rings is 1. The number of hydrogen-bond donors (Lipinski definition) is 0. The van der Waals surface area contributed by atoms with E-state index in [1.165, 1.54) is 15.4 Å². The molecule has 1 heteroatoms. The fraction of sp³-hybridized carbons (Fsp3) is 0.500. The van der Waals surface area contributed by atoms with Crippen LogP contribution in [-0.4, -0.2) is 0 Å². The maximum absolute atomic E-state index is 2.19. The summed E-state index contributed by atoms with van der Waals surface area (Å²) in [5, 5.41) is 0. The molecule has 0 radical (unpaired) electrons. The molecule has 0 fully saturated rings. The molecular formula is C20H36S. The van der Waals surface area contributed by atoms with Crippen molar-refractivity contribution in [3.63, 3.8) is 0 Å². The van der Waals surface area contributed by atoms with E-state index in [0.29, 0.717) is 0 Å². The minimum atomic E-state index is 1.09. The molecule has 0 saturated carbocycles. The molecule has 0 atom stereocenters. The molecule has 0 N–H and O–H groups in total. The zero-order valence-electron chi connectivity index (χ0n) is 15.7. The molecule has 0 amide bonds. The van der Waals surface area contributed by atoms with E-state index in [-0.39, 0.29) is 0 Å². The second-order valence-electron chi connectivity index (χ2n) is 3.42. The Morgan fingerprint density at radius 2 is 1.43 bits per heavy atom. The zero-order chi connectivity index (χ0) is 17.1. The minimum Gasteiger partial charge on any atom is -0.0905 e. The van der Waals surface area contributed by atoms with Crippen LogP contribution in [0.1, 0.15) is 67.4 Å². The summed E-state index contributed by atoms with van der Waals surface area (Å²) in [6.45, 7) is 18.3. The molecule has 0 unspecified atom stereocenters. The van der Waals surface area contributed by atoms with Crippen molar-refractivity contribution in [2.24, 2.45) is 0 Å². The Morgan fingerprint density at radius 1 is 0.952 bits per heavy atom. The van der Waals surface area contributed by atoms with E-state index in [1.807, 2.05) is 53.3 Å². The highest BCUT2D eigenvalue weighted by atomic mass is 32.2. The van der Waals surface area contributed by atoms with Crippen LogP contribution in [0, 0.1) is 6.92 Å². The Labute approximate surface area is 138 Å². The Hall–Kier alpha value is -0.950. The van der Waals surface area contributed by atoms with Crippen molar-refractivity contribution in [1.29, 1.82) is 0 Å². The number of hydrogen-bond acceptors (Lipinski definition) is 1. The summed E-state index contributed by atoms with van der Waals surface area (Å²) in [6.07, 6.45) is 7.61. The average molecular weight is 309 g/mol. The molecule has 0 spiro atoms. The maximum atomic E-state index is 2.19. The largest absolute Gasteiger partial charge is 0.0905 e. The van der Waals surface area contributed by atoms with Crippen LogP contribution in [0.3, 0.4) is 0 Å². The number of aryl methyl sites for hydroxylation is 1. The minimum absolute atomic E-state index is 1.09. The normalized spacial score (nSPS) is 9.67. The van der Waals surface area contributed by atoms with Crippen molar-refractivity contribution in [2.75, 3.05) is 0 Å². The van der Waals surface area contributed by atoms with Gasteiger partial charge in [-0.05, 0) is 32.4 Å². The molecule has 0 heterocycles. The lowest BCUT2D eigenvalue weighted by molar-refractivity contribution is 1.22. The number of allylic oxidation sites excluding steroid dienone is 3. The van der Waals surface area contributed by atoms with Gasteiger partial charge in [0.15, 0.2) is 0 Å². The van der Waals surface area contributed by atoms with E-state index in [0.717, 1.165) is 6.42 Å².